The highest BCUT2D eigenvalue weighted by Crippen LogP contribution is 2.23. The normalized spacial score (nSPS) is 19.8. The molecule has 1 saturated heterocycles. The van der Waals surface area contributed by atoms with E-state index in [0.717, 1.165) is 25.3 Å². The first-order chi connectivity index (χ1) is 10.1. The topological polar surface area (TPSA) is 58.2 Å². The molecule has 1 atom stereocenters. The summed E-state index contributed by atoms with van der Waals surface area (Å²) in [4.78, 5) is 22.5. The highest BCUT2D eigenvalue weighted by Gasteiger charge is 2.24. The monoisotopic (exact) mass is 305 g/mol. The SMILES string of the molecule is Cc1cc(=O)[nH]c([C@H]2CN(Cc3sccc3C)CCO2)n1. The molecule has 1 N–H and O–H groups in total. The Balaban J connectivity index is 1.73. The van der Waals surface area contributed by atoms with Crippen LogP contribution in [0, 0.1) is 13.8 Å². The molecule has 21 heavy (non-hydrogen) atoms. The Morgan fingerprint density at radius 1 is 1.52 bits per heavy atom. The number of morpholine rings is 1. The number of nitrogens with zero attached hydrogens (tertiary/aromatic N) is 2. The van der Waals surface area contributed by atoms with Gasteiger partial charge < -0.3 is 9.72 Å². The number of aromatic amines is 1. The van der Waals surface area contributed by atoms with Gasteiger partial charge in [-0.05, 0) is 30.9 Å². The Labute approximate surface area is 127 Å². The minimum absolute atomic E-state index is 0.118. The first kappa shape index (κ1) is 14.4. The van der Waals surface area contributed by atoms with E-state index in [2.05, 4.69) is 33.2 Å². The smallest absolute Gasteiger partial charge is 0.251 e. The van der Waals surface area contributed by atoms with Gasteiger partial charge in [0.1, 0.15) is 11.9 Å². The van der Waals surface area contributed by atoms with Crippen molar-refractivity contribution in [3.05, 3.63) is 49.8 Å². The lowest BCUT2D eigenvalue weighted by Gasteiger charge is -2.32. The molecule has 2 aromatic rings. The van der Waals surface area contributed by atoms with Crippen molar-refractivity contribution >= 4 is 11.3 Å². The van der Waals surface area contributed by atoms with Crippen molar-refractivity contribution < 1.29 is 4.74 Å². The van der Waals surface area contributed by atoms with Crippen LogP contribution in [0.5, 0.6) is 0 Å². The Morgan fingerprint density at radius 3 is 3.10 bits per heavy atom. The Kier molecular flexibility index (Phi) is 4.19. The molecule has 0 spiro atoms. The fourth-order valence-electron chi connectivity index (χ4n) is 2.54. The fourth-order valence-corrected chi connectivity index (χ4v) is 3.48. The summed E-state index contributed by atoms with van der Waals surface area (Å²) in [5, 5.41) is 2.13. The predicted octanol–water partition coefficient (Wildman–Crippen LogP) is 2.02. The van der Waals surface area contributed by atoms with Gasteiger partial charge in [-0.3, -0.25) is 9.69 Å². The number of rotatable bonds is 3. The molecule has 0 aromatic carbocycles. The first-order valence-electron chi connectivity index (χ1n) is 7.06. The van der Waals surface area contributed by atoms with Gasteiger partial charge in [-0.25, -0.2) is 4.98 Å². The van der Waals surface area contributed by atoms with Crippen LogP contribution in [-0.4, -0.2) is 34.6 Å². The number of aryl methyl sites for hydroxylation is 2. The Morgan fingerprint density at radius 2 is 2.38 bits per heavy atom. The van der Waals surface area contributed by atoms with E-state index in [1.807, 2.05) is 6.92 Å². The maximum Gasteiger partial charge on any atom is 0.251 e. The number of ether oxygens (including phenoxy) is 1. The van der Waals surface area contributed by atoms with E-state index < -0.39 is 0 Å². The minimum Gasteiger partial charge on any atom is -0.368 e. The van der Waals surface area contributed by atoms with E-state index in [1.54, 1.807) is 11.3 Å². The maximum atomic E-state index is 11.6. The molecule has 1 fully saturated rings. The van der Waals surface area contributed by atoms with Crippen molar-refractivity contribution in [2.24, 2.45) is 0 Å². The number of hydrogen-bond donors (Lipinski definition) is 1. The third-order valence-corrected chi connectivity index (χ3v) is 4.69. The van der Waals surface area contributed by atoms with Crippen LogP contribution in [0.1, 0.15) is 28.1 Å². The van der Waals surface area contributed by atoms with E-state index in [1.165, 1.54) is 16.5 Å². The van der Waals surface area contributed by atoms with Crippen LogP contribution < -0.4 is 5.56 Å². The molecule has 2 aromatic heterocycles. The minimum atomic E-state index is -0.161. The van der Waals surface area contributed by atoms with Crippen molar-refractivity contribution in [3.63, 3.8) is 0 Å². The van der Waals surface area contributed by atoms with Gasteiger partial charge in [0.25, 0.3) is 5.56 Å². The quantitative estimate of drug-likeness (QED) is 0.942. The third kappa shape index (κ3) is 3.40. The number of H-pyrrole nitrogens is 1. The van der Waals surface area contributed by atoms with Crippen molar-refractivity contribution in [2.75, 3.05) is 19.7 Å². The molecule has 1 aliphatic heterocycles. The van der Waals surface area contributed by atoms with Gasteiger partial charge in [0.2, 0.25) is 0 Å². The standard InChI is InChI=1S/C15H19N3O2S/c1-10-3-6-21-13(10)9-18-4-5-20-12(8-18)15-16-11(2)7-14(19)17-15/h3,6-7,12H,4-5,8-9H2,1-2H3,(H,16,17,19)/t12-/m1/s1. The molecule has 112 valence electrons. The molecule has 1 aliphatic rings. The summed E-state index contributed by atoms with van der Waals surface area (Å²) in [6.45, 7) is 7.22. The average Bonchev–Trinajstić information content (AvgIpc) is 2.84. The molecule has 0 aliphatic carbocycles. The average molecular weight is 305 g/mol. The highest BCUT2D eigenvalue weighted by molar-refractivity contribution is 7.10. The molecule has 6 heteroatoms. The highest BCUT2D eigenvalue weighted by atomic mass is 32.1. The largest absolute Gasteiger partial charge is 0.368 e. The van der Waals surface area contributed by atoms with Crippen LogP contribution in [0.15, 0.2) is 22.3 Å². The van der Waals surface area contributed by atoms with Gasteiger partial charge in [-0.15, -0.1) is 11.3 Å². The zero-order valence-corrected chi connectivity index (χ0v) is 13.1. The molecule has 3 rings (SSSR count). The van der Waals surface area contributed by atoms with E-state index in [4.69, 9.17) is 4.74 Å². The lowest BCUT2D eigenvalue weighted by atomic mass is 10.2. The molecule has 3 heterocycles. The summed E-state index contributed by atoms with van der Waals surface area (Å²) < 4.78 is 5.78. The maximum absolute atomic E-state index is 11.6. The number of hydrogen-bond acceptors (Lipinski definition) is 5. The van der Waals surface area contributed by atoms with Crippen molar-refractivity contribution in [1.82, 2.24) is 14.9 Å². The molecule has 0 bridgehead atoms. The van der Waals surface area contributed by atoms with Crippen LogP contribution in [0.3, 0.4) is 0 Å². The van der Waals surface area contributed by atoms with E-state index in [0.29, 0.717) is 12.4 Å². The molecule has 0 saturated carbocycles. The number of thiophene rings is 1. The number of nitrogens with one attached hydrogen (secondary N) is 1. The fraction of sp³-hybridized carbons (Fsp3) is 0.467. The zero-order valence-electron chi connectivity index (χ0n) is 12.3. The molecule has 0 radical (unpaired) electrons. The molecule has 0 unspecified atom stereocenters. The van der Waals surface area contributed by atoms with Crippen molar-refractivity contribution in [1.29, 1.82) is 0 Å². The van der Waals surface area contributed by atoms with Gasteiger partial charge in [-0.1, -0.05) is 0 Å². The summed E-state index contributed by atoms with van der Waals surface area (Å²) in [6.07, 6.45) is -0.161. The van der Waals surface area contributed by atoms with E-state index in [-0.39, 0.29) is 11.7 Å². The first-order valence-corrected chi connectivity index (χ1v) is 7.94. The second-order valence-corrected chi connectivity index (χ2v) is 6.39. The summed E-state index contributed by atoms with van der Waals surface area (Å²) in [6, 6.07) is 3.65. The number of aromatic nitrogens is 2. The second-order valence-electron chi connectivity index (χ2n) is 5.39. The third-order valence-electron chi connectivity index (χ3n) is 3.68. The van der Waals surface area contributed by atoms with Crippen LogP contribution in [0.2, 0.25) is 0 Å². The van der Waals surface area contributed by atoms with Gasteiger partial charge in [-0.2, -0.15) is 0 Å². The van der Waals surface area contributed by atoms with Gasteiger partial charge in [0.05, 0.1) is 6.61 Å². The zero-order chi connectivity index (χ0) is 14.8. The lowest BCUT2D eigenvalue weighted by Crippen LogP contribution is -2.38. The van der Waals surface area contributed by atoms with Crippen LogP contribution in [-0.2, 0) is 11.3 Å². The molecule has 0 amide bonds. The Hall–Kier alpha value is -1.50. The summed E-state index contributed by atoms with van der Waals surface area (Å²) >= 11 is 1.79. The molecular weight excluding hydrogens is 286 g/mol. The Bertz CT molecular complexity index is 680. The summed E-state index contributed by atoms with van der Waals surface area (Å²) in [7, 11) is 0. The van der Waals surface area contributed by atoms with Gasteiger partial charge in [0.15, 0.2) is 0 Å². The molecular formula is C15H19N3O2S. The molecule has 5 nitrogen and oxygen atoms in total. The van der Waals surface area contributed by atoms with Gasteiger partial charge >= 0.3 is 0 Å². The predicted molar refractivity (Wildman–Crippen MR) is 82.6 cm³/mol. The summed E-state index contributed by atoms with van der Waals surface area (Å²) in [5.41, 5.74) is 1.95. The van der Waals surface area contributed by atoms with Gasteiger partial charge in [0, 0.05) is 36.3 Å². The van der Waals surface area contributed by atoms with Crippen LogP contribution in [0.4, 0.5) is 0 Å². The van der Waals surface area contributed by atoms with E-state index >= 15 is 0 Å². The van der Waals surface area contributed by atoms with E-state index in [9.17, 15) is 4.79 Å². The van der Waals surface area contributed by atoms with Crippen molar-refractivity contribution in [2.45, 2.75) is 26.5 Å². The second kappa shape index (κ2) is 6.09. The van der Waals surface area contributed by atoms with Crippen molar-refractivity contribution in [3.8, 4) is 0 Å². The summed E-state index contributed by atoms with van der Waals surface area (Å²) in [5.74, 6) is 0.632. The van der Waals surface area contributed by atoms with Crippen LogP contribution in [0.25, 0.3) is 0 Å². The lowest BCUT2D eigenvalue weighted by molar-refractivity contribution is -0.0371. The van der Waals surface area contributed by atoms with Crippen LogP contribution >= 0.6 is 11.3 Å².